The molecule has 1 aliphatic heterocycles. The Morgan fingerprint density at radius 2 is 2.03 bits per heavy atom. The number of methoxy groups -OCH3 is 1. The van der Waals surface area contributed by atoms with E-state index in [2.05, 4.69) is 11.8 Å². The van der Waals surface area contributed by atoms with E-state index >= 15 is 0 Å². The summed E-state index contributed by atoms with van der Waals surface area (Å²) in [6.45, 7) is 5.51. The van der Waals surface area contributed by atoms with E-state index in [9.17, 15) is 14.7 Å². The van der Waals surface area contributed by atoms with Gasteiger partial charge in [0.15, 0.2) is 6.61 Å². The molecular weight excluding hydrogens is 434 g/mol. The first-order valence-corrected chi connectivity index (χ1v) is 11.4. The topological polar surface area (TPSA) is 85.3 Å². The van der Waals surface area contributed by atoms with Gasteiger partial charge in [-0.05, 0) is 37.3 Å². The number of hydrogen-bond donors (Lipinski definition) is 1. The molecule has 1 aromatic carbocycles. The minimum Gasteiger partial charge on any atom is -0.497 e. The van der Waals surface area contributed by atoms with Gasteiger partial charge < -0.3 is 24.2 Å². The number of aliphatic hydroxyl groups is 1. The van der Waals surface area contributed by atoms with Crippen molar-refractivity contribution in [2.24, 2.45) is 11.3 Å². The molecule has 0 aromatic heterocycles. The lowest BCUT2D eigenvalue weighted by Gasteiger charge is -2.45. The van der Waals surface area contributed by atoms with Gasteiger partial charge in [-0.25, -0.2) is 0 Å². The number of aliphatic hydroxyl groups excluding tert-OH is 1. The molecule has 0 bridgehead atoms. The number of rotatable bonds is 7. The summed E-state index contributed by atoms with van der Waals surface area (Å²) in [7, 11) is 1.61. The molecule has 1 aromatic rings. The highest BCUT2D eigenvalue weighted by atomic mass is 16.5. The monoisotopic (exact) mass is 467 g/mol. The van der Waals surface area contributed by atoms with Crippen LogP contribution in [0.4, 0.5) is 0 Å². The van der Waals surface area contributed by atoms with Crippen molar-refractivity contribution in [1.29, 1.82) is 0 Å². The molecule has 0 radical (unpaired) electrons. The number of likely N-dealkylation sites (tertiary alicyclic amines) is 1. The number of nitrogens with zero attached hydrogens (tertiary/aromatic N) is 1. The number of carbonyl (C=O) groups excluding carboxylic acids is 2. The van der Waals surface area contributed by atoms with Gasteiger partial charge in [-0.1, -0.05) is 37.0 Å². The third-order valence-electron chi connectivity index (χ3n) is 6.83. The third-order valence-corrected chi connectivity index (χ3v) is 6.83. The van der Waals surface area contributed by atoms with E-state index in [0.29, 0.717) is 19.5 Å². The predicted octanol–water partition coefficient (Wildman–Crippen LogP) is 2.69. The highest BCUT2D eigenvalue weighted by Crippen LogP contribution is 2.49. The zero-order valence-electron chi connectivity index (χ0n) is 20.2. The standard InChI is InChI=1S/C27H33NO6/c1-20(29)26(3)19-28(25(31)18-33-21(2)30)17-24(26)27(14-12-23(32-4)13-15-27)34-16-8-11-22-9-6-5-7-10-22/h5-7,9-10,12-14,20,24,29H,15-19H2,1-4H3/t20-,24-,26+,27?/m1/s1. The summed E-state index contributed by atoms with van der Waals surface area (Å²) >= 11 is 0. The molecule has 182 valence electrons. The minimum atomic E-state index is -0.796. The molecule has 0 saturated carbocycles. The van der Waals surface area contributed by atoms with Crippen molar-refractivity contribution in [1.82, 2.24) is 4.90 Å². The largest absolute Gasteiger partial charge is 0.497 e. The fraction of sp³-hybridized carbons (Fsp3) is 0.481. The summed E-state index contributed by atoms with van der Waals surface area (Å²) in [6.07, 6.45) is 5.58. The Labute approximate surface area is 201 Å². The highest BCUT2D eigenvalue weighted by molar-refractivity contribution is 5.80. The van der Waals surface area contributed by atoms with E-state index in [0.717, 1.165) is 11.3 Å². The molecular formula is C27H33NO6. The zero-order chi connectivity index (χ0) is 24.8. The first-order valence-electron chi connectivity index (χ1n) is 11.4. The summed E-state index contributed by atoms with van der Waals surface area (Å²) in [4.78, 5) is 25.6. The maximum absolute atomic E-state index is 12.8. The van der Waals surface area contributed by atoms with E-state index in [1.54, 1.807) is 18.9 Å². The van der Waals surface area contributed by atoms with E-state index in [-0.39, 0.29) is 25.0 Å². The van der Waals surface area contributed by atoms with Crippen molar-refractivity contribution < 1.29 is 28.9 Å². The Balaban J connectivity index is 1.86. The molecule has 0 spiro atoms. The normalized spacial score (nSPS) is 26.8. The Kier molecular flexibility index (Phi) is 8.19. The Morgan fingerprint density at radius 3 is 2.62 bits per heavy atom. The summed E-state index contributed by atoms with van der Waals surface area (Å²) in [5.41, 5.74) is -0.547. The number of ether oxygens (including phenoxy) is 3. The highest BCUT2D eigenvalue weighted by Gasteiger charge is 2.56. The molecule has 1 amide bonds. The average molecular weight is 468 g/mol. The Hall–Kier alpha value is -3.08. The first kappa shape index (κ1) is 25.5. The molecule has 1 heterocycles. The third kappa shape index (κ3) is 5.69. The molecule has 1 fully saturated rings. The average Bonchev–Trinajstić information content (AvgIpc) is 3.21. The van der Waals surface area contributed by atoms with Crippen LogP contribution in [0.2, 0.25) is 0 Å². The number of benzene rings is 1. The predicted molar refractivity (Wildman–Crippen MR) is 127 cm³/mol. The van der Waals surface area contributed by atoms with E-state index in [1.807, 2.05) is 55.5 Å². The number of carbonyl (C=O) groups is 2. The first-order chi connectivity index (χ1) is 16.2. The second kappa shape index (κ2) is 10.9. The summed E-state index contributed by atoms with van der Waals surface area (Å²) < 4.78 is 16.7. The van der Waals surface area contributed by atoms with Crippen molar-refractivity contribution in [3.05, 3.63) is 59.9 Å². The Morgan fingerprint density at radius 1 is 1.29 bits per heavy atom. The van der Waals surface area contributed by atoms with Crippen molar-refractivity contribution in [3.63, 3.8) is 0 Å². The van der Waals surface area contributed by atoms with Crippen LogP contribution in [0.3, 0.4) is 0 Å². The Bertz CT molecular complexity index is 1000. The minimum absolute atomic E-state index is 0.184. The quantitative estimate of drug-likeness (QED) is 0.490. The van der Waals surface area contributed by atoms with Crippen LogP contribution in [0, 0.1) is 23.2 Å². The van der Waals surface area contributed by atoms with Crippen LogP contribution in [0.1, 0.15) is 32.8 Å². The summed E-state index contributed by atoms with van der Waals surface area (Å²) in [5.74, 6) is 5.89. The van der Waals surface area contributed by atoms with Gasteiger partial charge in [0.2, 0.25) is 0 Å². The van der Waals surface area contributed by atoms with Crippen LogP contribution in [0.15, 0.2) is 54.3 Å². The van der Waals surface area contributed by atoms with Crippen molar-refractivity contribution in [2.45, 2.75) is 38.9 Å². The molecule has 1 unspecified atom stereocenters. The number of hydrogen-bond acceptors (Lipinski definition) is 6. The molecule has 3 rings (SSSR count). The zero-order valence-corrected chi connectivity index (χ0v) is 20.2. The SMILES string of the molecule is COC1=CCC(OCC#Cc2ccccc2)([C@@H]2CN(C(=O)COC(C)=O)C[C@@]2(C)[C@@H](C)O)C=C1. The van der Waals surface area contributed by atoms with Crippen LogP contribution in [0.5, 0.6) is 0 Å². The molecule has 2 aliphatic rings. The van der Waals surface area contributed by atoms with Crippen molar-refractivity contribution >= 4 is 11.9 Å². The van der Waals surface area contributed by atoms with Crippen LogP contribution in [-0.4, -0.2) is 67.0 Å². The van der Waals surface area contributed by atoms with Crippen LogP contribution in [-0.2, 0) is 23.8 Å². The van der Waals surface area contributed by atoms with Crippen molar-refractivity contribution in [2.75, 3.05) is 33.4 Å². The summed E-state index contributed by atoms with van der Waals surface area (Å²) in [5, 5.41) is 10.8. The number of allylic oxidation sites excluding steroid dienone is 1. The van der Waals surface area contributed by atoms with Gasteiger partial charge in [0.1, 0.15) is 12.4 Å². The van der Waals surface area contributed by atoms with Gasteiger partial charge >= 0.3 is 5.97 Å². The molecule has 1 aliphatic carbocycles. The molecule has 4 atom stereocenters. The van der Waals surface area contributed by atoms with E-state index < -0.39 is 23.1 Å². The van der Waals surface area contributed by atoms with Gasteiger partial charge in [-0.2, -0.15) is 0 Å². The van der Waals surface area contributed by atoms with Crippen LogP contribution >= 0.6 is 0 Å². The maximum Gasteiger partial charge on any atom is 0.303 e. The van der Waals surface area contributed by atoms with Gasteiger partial charge in [0.25, 0.3) is 5.91 Å². The molecule has 34 heavy (non-hydrogen) atoms. The molecule has 1 N–H and O–H groups in total. The van der Waals surface area contributed by atoms with Gasteiger partial charge in [0.05, 0.1) is 18.8 Å². The van der Waals surface area contributed by atoms with E-state index in [1.165, 1.54) is 6.92 Å². The van der Waals surface area contributed by atoms with Crippen molar-refractivity contribution in [3.8, 4) is 11.8 Å². The molecule has 7 nitrogen and oxygen atoms in total. The lowest BCUT2D eigenvalue weighted by molar-refractivity contribution is -0.150. The van der Waals surface area contributed by atoms with E-state index in [4.69, 9.17) is 14.2 Å². The van der Waals surface area contributed by atoms with Crippen LogP contribution < -0.4 is 0 Å². The molecule has 7 heteroatoms. The smallest absolute Gasteiger partial charge is 0.303 e. The molecule has 1 saturated heterocycles. The lowest BCUT2D eigenvalue weighted by atomic mass is 9.66. The number of amides is 1. The fourth-order valence-corrected chi connectivity index (χ4v) is 4.66. The summed E-state index contributed by atoms with van der Waals surface area (Å²) in [6, 6.07) is 9.67. The number of esters is 1. The lowest BCUT2D eigenvalue weighted by Crippen LogP contribution is -2.51. The van der Waals surface area contributed by atoms with Gasteiger partial charge in [0, 0.05) is 43.3 Å². The second-order valence-electron chi connectivity index (χ2n) is 9.05. The maximum atomic E-state index is 12.8. The van der Waals surface area contributed by atoms with Gasteiger partial charge in [-0.3, -0.25) is 9.59 Å². The van der Waals surface area contributed by atoms with Crippen LogP contribution in [0.25, 0.3) is 0 Å². The fourth-order valence-electron chi connectivity index (χ4n) is 4.66. The van der Waals surface area contributed by atoms with Gasteiger partial charge in [-0.15, -0.1) is 0 Å². The second-order valence-corrected chi connectivity index (χ2v) is 9.05.